The maximum absolute atomic E-state index is 13.2. The zero-order valence-corrected chi connectivity index (χ0v) is 11.0. The smallest absolute Gasteiger partial charge is 0.159 e. The summed E-state index contributed by atoms with van der Waals surface area (Å²) in [6, 6.07) is 4.77. The largest absolute Gasteiger partial charge is 0.388 e. The highest BCUT2D eigenvalue weighted by Crippen LogP contribution is 2.42. The maximum atomic E-state index is 13.2. The van der Waals surface area contributed by atoms with Crippen molar-refractivity contribution in [2.45, 2.75) is 43.9 Å². The second kappa shape index (κ2) is 4.84. The highest BCUT2D eigenvalue weighted by molar-refractivity contribution is 5.21. The molecule has 0 saturated carbocycles. The second-order valence-electron chi connectivity index (χ2n) is 5.90. The van der Waals surface area contributed by atoms with Gasteiger partial charge in [0, 0.05) is 12.1 Å². The Morgan fingerprint density at radius 2 is 1.79 bits per heavy atom. The van der Waals surface area contributed by atoms with Crippen molar-refractivity contribution in [1.29, 1.82) is 0 Å². The third-order valence-electron chi connectivity index (χ3n) is 4.87. The van der Waals surface area contributed by atoms with E-state index in [1.807, 2.05) is 0 Å². The maximum Gasteiger partial charge on any atom is 0.159 e. The van der Waals surface area contributed by atoms with Gasteiger partial charge in [-0.1, -0.05) is 6.07 Å². The van der Waals surface area contributed by atoms with Crippen molar-refractivity contribution in [2.75, 3.05) is 7.05 Å². The molecule has 3 atom stereocenters. The van der Waals surface area contributed by atoms with Crippen LogP contribution in [0, 0.1) is 17.6 Å². The third-order valence-corrected chi connectivity index (χ3v) is 4.87. The monoisotopic (exact) mass is 267 g/mol. The Labute approximate surface area is 112 Å². The molecule has 3 rings (SSSR count). The predicted molar refractivity (Wildman–Crippen MR) is 68.6 cm³/mol. The molecule has 2 aliphatic heterocycles. The number of aliphatic hydroxyl groups excluding tert-OH is 1. The number of piperidine rings is 1. The predicted octanol–water partition coefficient (Wildman–Crippen LogP) is 2.87. The van der Waals surface area contributed by atoms with Crippen LogP contribution in [0.15, 0.2) is 18.2 Å². The van der Waals surface area contributed by atoms with Gasteiger partial charge in [-0.3, -0.25) is 0 Å². The van der Waals surface area contributed by atoms with Crippen molar-refractivity contribution in [3.8, 4) is 0 Å². The minimum Gasteiger partial charge on any atom is -0.388 e. The topological polar surface area (TPSA) is 23.5 Å². The third kappa shape index (κ3) is 2.28. The van der Waals surface area contributed by atoms with Gasteiger partial charge in [0.25, 0.3) is 0 Å². The quantitative estimate of drug-likeness (QED) is 0.890. The molecular weight excluding hydrogens is 248 g/mol. The summed E-state index contributed by atoms with van der Waals surface area (Å²) in [7, 11) is 2.14. The van der Waals surface area contributed by atoms with Crippen LogP contribution in [0.4, 0.5) is 8.78 Å². The van der Waals surface area contributed by atoms with Gasteiger partial charge in [0.05, 0.1) is 6.10 Å². The van der Waals surface area contributed by atoms with Gasteiger partial charge < -0.3 is 10.0 Å². The lowest BCUT2D eigenvalue weighted by Gasteiger charge is -2.38. The molecule has 104 valence electrons. The van der Waals surface area contributed by atoms with E-state index < -0.39 is 17.7 Å². The van der Waals surface area contributed by atoms with Crippen LogP contribution in [0.2, 0.25) is 0 Å². The van der Waals surface area contributed by atoms with Crippen molar-refractivity contribution in [3.63, 3.8) is 0 Å². The molecule has 2 saturated heterocycles. The zero-order chi connectivity index (χ0) is 13.6. The standard InChI is InChI=1S/C15H19F2NO/c1-18-11-3-4-12(18)7-10(6-11)15(19)9-2-5-13(16)14(17)8-9/h2,5,8,10-12,15,19H,3-4,6-7H2,1H3. The lowest BCUT2D eigenvalue weighted by Crippen LogP contribution is -2.41. The first-order chi connectivity index (χ1) is 9.06. The van der Waals surface area contributed by atoms with Crippen LogP contribution >= 0.6 is 0 Å². The summed E-state index contributed by atoms with van der Waals surface area (Å²) in [5.41, 5.74) is 0.493. The summed E-state index contributed by atoms with van der Waals surface area (Å²) in [6.45, 7) is 0. The number of nitrogens with zero attached hydrogens (tertiary/aromatic N) is 1. The fourth-order valence-electron chi connectivity index (χ4n) is 3.68. The number of aliphatic hydroxyl groups is 1. The fraction of sp³-hybridized carbons (Fsp3) is 0.600. The highest BCUT2D eigenvalue weighted by Gasteiger charge is 2.40. The normalized spacial score (nSPS) is 32.5. The van der Waals surface area contributed by atoms with Gasteiger partial charge in [0.1, 0.15) is 0 Å². The Bertz CT molecular complexity index is 465. The van der Waals surface area contributed by atoms with E-state index in [-0.39, 0.29) is 5.92 Å². The molecule has 3 unspecified atom stereocenters. The summed E-state index contributed by atoms with van der Waals surface area (Å²) in [5.74, 6) is -1.59. The van der Waals surface area contributed by atoms with E-state index in [9.17, 15) is 13.9 Å². The highest BCUT2D eigenvalue weighted by atomic mass is 19.2. The van der Waals surface area contributed by atoms with Crippen molar-refractivity contribution in [3.05, 3.63) is 35.4 Å². The van der Waals surface area contributed by atoms with E-state index in [4.69, 9.17) is 0 Å². The molecule has 2 fully saturated rings. The molecule has 1 aromatic carbocycles. The van der Waals surface area contributed by atoms with Gasteiger partial charge in [0.15, 0.2) is 11.6 Å². The van der Waals surface area contributed by atoms with Crippen molar-refractivity contribution in [1.82, 2.24) is 4.90 Å². The van der Waals surface area contributed by atoms with Gasteiger partial charge in [-0.2, -0.15) is 0 Å². The molecule has 1 aromatic rings. The van der Waals surface area contributed by atoms with E-state index in [1.54, 1.807) is 0 Å². The summed E-state index contributed by atoms with van der Waals surface area (Å²) < 4.78 is 26.2. The number of fused-ring (bicyclic) bond motifs is 2. The first-order valence-electron chi connectivity index (χ1n) is 6.91. The van der Waals surface area contributed by atoms with E-state index in [1.165, 1.54) is 18.9 Å². The molecule has 19 heavy (non-hydrogen) atoms. The van der Waals surface area contributed by atoms with Crippen molar-refractivity contribution in [2.24, 2.45) is 5.92 Å². The Morgan fingerprint density at radius 1 is 1.16 bits per heavy atom. The summed E-state index contributed by atoms with van der Waals surface area (Å²) in [4.78, 5) is 2.40. The van der Waals surface area contributed by atoms with Gasteiger partial charge in [-0.05, 0) is 56.3 Å². The first-order valence-corrected chi connectivity index (χ1v) is 6.91. The van der Waals surface area contributed by atoms with Crippen molar-refractivity contribution >= 4 is 0 Å². The van der Waals surface area contributed by atoms with E-state index in [2.05, 4.69) is 11.9 Å². The van der Waals surface area contributed by atoms with Gasteiger partial charge in [-0.15, -0.1) is 0 Å². The molecule has 2 heterocycles. The number of halogens is 2. The molecule has 2 bridgehead atoms. The van der Waals surface area contributed by atoms with Crippen LogP contribution in [-0.2, 0) is 0 Å². The summed E-state index contributed by atoms with van der Waals surface area (Å²) >= 11 is 0. The van der Waals surface area contributed by atoms with Crippen molar-refractivity contribution < 1.29 is 13.9 Å². The minimum atomic E-state index is -0.882. The minimum absolute atomic E-state index is 0.151. The van der Waals surface area contributed by atoms with Crippen LogP contribution in [-0.4, -0.2) is 29.1 Å². The SMILES string of the molecule is CN1C2CCC1CC(C(O)c1ccc(F)c(F)c1)C2. The lowest BCUT2D eigenvalue weighted by molar-refractivity contribution is 0.0354. The number of hydrogen-bond donors (Lipinski definition) is 1. The second-order valence-corrected chi connectivity index (χ2v) is 5.90. The first kappa shape index (κ1) is 13.0. The molecule has 0 amide bonds. The average Bonchev–Trinajstić information content (AvgIpc) is 2.64. The Balaban J connectivity index is 1.77. The Kier molecular flexibility index (Phi) is 3.31. The van der Waals surface area contributed by atoms with E-state index in [0.717, 1.165) is 25.0 Å². The number of benzene rings is 1. The molecule has 0 aromatic heterocycles. The molecule has 1 N–H and O–H groups in total. The Hall–Kier alpha value is -1.00. The van der Waals surface area contributed by atoms with Gasteiger partial charge in [0.2, 0.25) is 0 Å². The number of hydrogen-bond acceptors (Lipinski definition) is 2. The van der Waals surface area contributed by atoms with Crippen LogP contribution in [0.1, 0.15) is 37.4 Å². The molecule has 4 heteroatoms. The van der Waals surface area contributed by atoms with Gasteiger partial charge >= 0.3 is 0 Å². The van der Waals surface area contributed by atoms with Gasteiger partial charge in [-0.25, -0.2) is 8.78 Å². The summed E-state index contributed by atoms with van der Waals surface area (Å²) in [6.07, 6.45) is 3.55. The van der Waals surface area contributed by atoms with Crippen LogP contribution in [0.3, 0.4) is 0 Å². The van der Waals surface area contributed by atoms with Crippen LogP contribution < -0.4 is 0 Å². The molecule has 0 aliphatic carbocycles. The lowest BCUT2D eigenvalue weighted by atomic mass is 9.84. The molecular formula is C15H19F2NO. The molecule has 2 nitrogen and oxygen atoms in total. The van der Waals surface area contributed by atoms with E-state index >= 15 is 0 Å². The Morgan fingerprint density at radius 3 is 2.37 bits per heavy atom. The fourth-order valence-corrected chi connectivity index (χ4v) is 3.68. The zero-order valence-electron chi connectivity index (χ0n) is 11.0. The van der Waals surface area contributed by atoms with E-state index in [0.29, 0.717) is 17.6 Å². The van der Waals surface area contributed by atoms with Crippen LogP contribution in [0.25, 0.3) is 0 Å². The molecule has 2 aliphatic rings. The average molecular weight is 267 g/mol. The molecule has 0 spiro atoms. The number of rotatable bonds is 2. The van der Waals surface area contributed by atoms with Crippen LogP contribution in [0.5, 0.6) is 0 Å². The summed E-state index contributed by atoms with van der Waals surface area (Å²) in [5, 5.41) is 10.4. The molecule has 0 radical (unpaired) electrons.